The van der Waals surface area contributed by atoms with Gasteiger partial charge in [-0.1, -0.05) is 0 Å². The molecule has 0 saturated heterocycles. The molecule has 90 valence electrons. The number of hydrogen-bond donors (Lipinski definition) is 1. The Labute approximate surface area is 100 Å². The lowest BCUT2D eigenvalue weighted by Crippen LogP contribution is -2.22. The SMILES string of the molecule is COC(C)(C)CCSc1ccc(F)cc1N. The van der Waals surface area contributed by atoms with Crippen LogP contribution in [0.15, 0.2) is 23.1 Å². The van der Waals surface area contributed by atoms with E-state index in [-0.39, 0.29) is 11.4 Å². The van der Waals surface area contributed by atoms with Crippen molar-refractivity contribution in [2.24, 2.45) is 0 Å². The predicted molar refractivity (Wildman–Crippen MR) is 67.2 cm³/mol. The molecule has 0 aliphatic carbocycles. The summed E-state index contributed by atoms with van der Waals surface area (Å²) in [5.74, 6) is 0.607. The highest BCUT2D eigenvalue weighted by atomic mass is 32.2. The highest BCUT2D eigenvalue weighted by Crippen LogP contribution is 2.28. The lowest BCUT2D eigenvalue weighted by Gasteiger charge is -2.22. The van der Waals surface area contributed by atoms with E-state index in [2.05, 4.69) is 0 Å². The van der Waals surface area contributed by atoms with Crippen molar-refractivity contribution in [2.75, 3.05) is 18.6 Å². The summed E-state index contributed by atoms with van der Waals surface area (Å²) >= 11 is 1.63. The van der Waals surface area contributed by atoms with Crippen LogP contribution in [0.2, 0.25) is 0 Å². The number of benzene rings is 1. The minimum absolute atomic E-state index is 0.123. The number of ether oxygens (including phenoxy) is 1. The van der Waals surface area contributed by atoms with Crippen LogP contribution in [-0.4, -0.2) is 18.5 Å². The van der Waals surface area contributed by atoms with Crippen LogP contribution >= 0.6 is 11.8 Å². The summed E-state index contributed by atoms with van der Waals surface area (Å²) in [6.07, 6.45) is 0.922. The summed E-state index contributed by atoms with van der Waals surface area (Å²) in [5, 5.41) is 0. The van der Waals surface area contributed by atoms with Crippen LogP contribution in [0.5, 0.6) is 0 Å². The van der Waals surface area contributed by atoms with Crippen LogP contribution in [0.25, 0.3) is 0 Å². The Bertz CT molecular complexity index is 355. The summed E-state index contributed by atoms with van der Waals surface area (Å²) in [6.45, 7) is 4.09. The number of rotatable bonds is 5. The van der Waals surface area contributed by atoms with Gasteiger partial charge >= 0.3 is 0 Å². The molecule has 4 heteroatoms. The number of anilines is 1. The van der Waals surface area contributed by atoms with Crippen molar-refractivity contribution in [3.63, 3.8) is 0 Å². The smallest absolute Gasteiger partial charge is 0.125 e. The van der Waals surface area contributed by atoms with Gasteiger partial charge in [0.1, 0.15) is 5.82 Å². The molecule has 0 heterocycles. The van der Waals surface area contributed by atoms with Gasteiger partial charge in [0.15, 0.2) is 0 Å². The van der Waals surface area contributed by atoms with Crippen LogP contribution in [-0.2, 0) is 4.74 Å². The van der Waals surface area contributed by atoms with E-state index in [4.69, 9.17) is 10.5 Å². The van der Waals surface area contributed by atoms with Crippen molar-refractivity contribution < 1.29 is 9.13 Å². The maximum atomic E-state index is 12.8. The van der Waals surface area contributed by atoms with Gasteiger partial charge in [-0.05, 0) is 38.5 Å². The molecule has 1 aromatic carbocycles. The topological polar surface area (TPSA) is 35.2 Å². The Morgan fingerprint density at radius 1 is 1.44 bits per heavy atom. The van der Waals surface area contributed by atoms with Gasteiger partial charge in [-0.25, -0.2) is 4.39 Å². The highest BCUT2D eigenvalue weighted by molar-refractivity contribution is 7.99. The van der Waals surface area contributed by atoms with Crippen LogP contribution in [0.3, 0.4) is 0 Å². The first-order valence-electron chi connectivity index (χ1n) is 5.17. The lowest BCUT2D eigenvalue weighted by atomic mass is 10.1. The second-order valence-electron chi connectivity index (χ2n) is 4.24. The third kappa shape index (κ3) is 4.02. The molecule has 0 spiro atoms. The van der Waals surface area contributed by atoms with Gasteiger partial charge in [-0.3, -0.25) is 0 Å². The summed E-state index contributed by atoms with van der Waals surface area (Å²) in [4.78, 5) is 0.924. The van der Waals surface area contributed by atoms with E-state index in [1.54, 1.807) is 24.9 Å². The fourth-order valence-electron chi connectivity index (χ4n) is 1.16. The van der Waals surface area contributed by atoms with Gasteiger partial charge in [-0.2, -0.15) is 0 Å². The maximum Gasteiger partial charge on any atom is 0.125 e. The average molecular weight is 243 g/mol. The minimum atomic E-state index is -0.293. The largest absolute Gasteiger partial charge is 0.398 e. The van der Waals surface area contributed by atoms with Gasteiger partial charge in [0.25, 0.3) is 0 Å². The molecule has 0 amide bonds. The van der Waals surface area contributed by atoms with E-state index in [1.165, 1.54) is 12.1 Å². The predicted octanol–water partition coefficient (Wildman–Crippen LogP) is 3.32. The second-order valence-corrected chi connectivity index (χ2v) is 5.38. The van der Waals surface area contributed by atoms with Gasteiger partial charge in [0, 0.05) is 23.4 Å². The van der Waals surface area contributed by atoms with E-state index in [0.717, 1.165) is 17.1 Å². The van der Waals surface area contributed by atoms with Crippen LogP contribution in [0.4, 0.5) is 10.1 Å². The molecule has 0 aromatic heterocycles. The molecular weight excluding hydrogens is 225 g/mol. The quantitative estimate of drug-likeness (QED) is 0.636. The second kappa shape index (κ2) is 5.55. The Hall–Kier alpha value is -0.740. The molecule has 0 unspecified atom stereocenters. The molecule has 0 saturated carbocycles. The molecule has 0 fully saturated rings. The van der Waals surface area contributed by atoms with Crippen molar-refractivity contribution in [1.82, 2.24) is 0 Å². The monoisotopic (exact) mass is 243 g/mol. The zero-order chi connectivity index (χ0) is 12.2. The van der Waals surface area contributed by atoms with Gasteiger partial charge in [-0.15, -0.1) is 11.8 Å². The molecule has 2 nitrogen and oxygen atoms in total. The van der Waals surface area contributed by atoms with E-state index in [0.29, 0.717) is 5.69 Å². The van der Waals surface area contributed by atoms with Gasteiger partial charge in [0.2, 0.25) is 0 Å². The molecular formula is C12H18FNOS. The van der Waals surface area contributed by atoms with Crippen molar-refractivity contribution in [2.45, 2.75) is 30.8 Å². The summed E-state index contributed by atoms with van der Waals surface area (Å²) in [5.41, 5.74) is 6.09. The van der Waals surface area contributed by atoms with Crippen molar-refractivity contribution in [1.29, 1.82) is 0 Å². The molecule has 0 radical (unpaired) electrons. The fraction of sp³-hybridized carbons (Fsp3) is 0.500. The van der Waals surface area contributed by atoms with Crippen LogP contribution < -0.4 is 5.73 Å². The number of halogens is 1. The first-order valence-corrected chi connectivity index (χ1v) is 6.16. The zero-order valence-electron chi connectivity index (χ0n) is 9.92. The van der Waals surface area contributed by atoms with Crippen molar-refractivity contribution in [3.8, 4) is 0 Å². The molecule has 2 N–H and O–H groups in total. The van der Waals surface area contributed by atoms with Gasteiger partial charge < -0.3 is 10.5 Å². The molecule has 0 aliphatic heterocycles. The number of nitrogens with two attached hydrogens (primary N) is 1. The van der Waals surface area contributed by atoms with Crippen molar-refractivity contribution >= 4 is 17.4 Å². The highest BCUT2D eigenvalue weighted by Gasteiger charge is 2.15. The van der Waals surface area contributed by atoms with Gasteiger partial charge in [0.05, 0.1) is 5.60 Å². The molecule has 1 rings (SSSR count). The molecule has 1 aromatic rings. The average Bonchev–Trinajstić information content (AvgIpc) is 2.21. The maximum absolute atomic E-state index is 12.8. The Morgan fingerprint density at radius 3 is 2.69 bits per heavy atom. The Morgan fingerprint density at radius 2 is 2.12 bits per heavy atom. The third-order valence-electron chi connectivity index (χ3n) is 2.49. The number of hydrogen-bond acceptors (Lipinski definition) is 3. The third-order valence-corrected chi connectivity index (χ3v) is 3.58. The summed E-state index contributed by atoms with van der Waals surface area (Å²) in [6, 6.07) is 4.50. The Kier molecular flexibility index (Phi) is 4.62. The number of methoxy groups -OCH3 is 1. The van der Waals surface area contributed by atoms with E-state index in [9.17, 15) is 4.39 Å². The lowest BCUT2D eigenvalue weighted by molar-refractivity contribution is 0.0207. The fourth-order valence-corrected chi connectivity index (χ4v) is 2.36. The van der Waals surface area contributed by atoms with E-state index >= 15 is 0 Å². The first kappa shape index (κ1) is 13.3. The summed E-state index contributed by atoms with van der Waals surface area (Å²) < 4.78 is 18.1. The molecule has 0 aliphatic rings. The minimum Gasteiger partial charge on any atom is -0.398 e. The number of nitrogen functional groups attached to an aromatic ring is 1. The van der Waals surface area contributed by atoms with E-state index in [1.807, 2.05) is 13.8 Å². The Balaban J connectivity index is 2.49. The first-order chi connectivity index (χ1) is 7.44. The molecule has 0 atom stereocenters. The normalized spacial score (nSPS) is 11.8. The standard InChI is InChI=1S/C12H18FNOS/c1-12(2,15-3)6-7-16-11-5-4-9(13)8-10(11)14/h4-5,8H,6-7,14H2,1-3H3. The zero-order valence-corrected chi connectivity index (χ0v) is 10.7. The molecule has 16 heavy (non-hydrogen) atoms. The number of thioether (sulfide) groups is 1. The van der Waals surface area contributed by atoms with Crippen LogP contribution in [0.1, 0.15) is 20.3 Å². The van der Waals surface area contributed by atoms with Crippen molar-refractivity contribution in [3.05, 3.63) is 24.0 Å². The molecule has 0 bridgehead atoms. The van der Waals surface area contributed by atoms with Crippen LogP contribution in [0, 0.1) is 5.82 Å². The van der Waals surface area contributed by atoms with E-state index < -0.39 is 0 Å². The summed E-state index contributed by atoms with van der Waals surface area (Å²) in [7, 11) is 1.71.